The number of para-hydroxylation sites is 1. The molecule has 0 bridgehead atoms. The molecule has 0 fully saturated rings. The molecular weight excluding hydrogens is 256 g/mol. The van der Waals surface area contributed by atoms with Crippen LogP contribution in [0.4, 0.5) is 5.69 Å². The van der Waals surface area contributed by atoms with Gasteiger partial charge in [-0.15, -0.1) is 0 Å². The van der Waals surface area contributed by atoms with E-state index in [1.165, 1.54) is 7.11 Å². The van der Waals surface area contributed by atoms with Gasteiger partial charge < -0.3 is 15.6 Å². The van der Waals surface area contributed by atoms with Gasteiger partial charge in [-0.25, -0.2) is 13.1 Å². The zero-order valence-electron chi connectivity index (χ0n) is 10.2. The lowest BCUT2D eigenvalue weighted by Crippen LogP contribution is -2.35. The minimum Gasteiger partial charge on any atom is -0.398 e. The van der Waals surface area contributed by atoms with Crippen LogP contribution in [-0.2, 0) is 20.5 Å². The van der Waals surface area contributed by atoms with E-state index in [4.69, 9.17) is 10.5 Å². The number of anilines is 1. The number of benzene rings is 1. The second-order valence-corrected chi connectivity index (χ2v) is 5.72. The smallest absolute Gasteiger partial charge is 0.215 e. The van der Waals surface area contributed by atoms with Crippen LogP contribution < -0.4 is 10.5 Å². The van der Waals surface area contributed by atoms with Crippen LogP contribution in [0.3, 0.4) is 0 Å². The number of aliphatic hydroxyl groups excluding tert-OH is 1. The van der Waals surface area contributed by atoms with E-state index in [2.05, 4.69) is 4.72 Å². The molecule has 7 heteroatoms. The monoisotopic (exact) mass is 274 g/mol. The van der Waals surface area contributed by atoms with Crippen LogP contribution in [0.25, 0.3) is 0 Å². The second kappa shape index (κ2) is 6.69. The highest BCUT2D eigenvalue weighted by atomic mass is 32.2. The first-order valence-corrected chi connectivity index (χ1v) is 7.07. The van der Waals surface area contributed by atoms with E-state index in [0.29, 0.717) is 11.3 Å². The molecular formula is C11H18N2O4S. The Kier molecular flexibility index (Phi) is 5.54. The van der Waals surface area contributed by atoms with Crippen molar-refractivity contribution in [1.29, 1.82) is 0 Å². The van der Waals surface area contributed by atoms with Crippen LogP contribution in [0.2, 0.25) is 0 Å². The van der Waals surface area contributed by atoms with Crippen LogP contribution >= 0.6 is 0 Å². The number of sulfonamides is 1. The van der Waals surface area contributed by atoms with Crippen LogP contribution in [0.15, 0.2) is 24.3 Å². The summed E-state index contributed by atoms with van der Waals surface area (Å²) in [5.74, 6) is -0.209. The van der Waals surface area contributed by atoms with E-state index in [0.717, 1.165) is 0 Å². The van der Waals surface area contributed by atoms with E-state index in [9.17, 15) is 13.5 Å². The van der Waals surface area contributed by atoms with Gasteiger partial charge in [-0.1, -0.05) is 18.2 Å². The molecule has 0 aliphatic carbocycles. The average Bonchev–Trinajstić information content (AvgIpc) is 2.30. The second-order valence-electron chi connectivity index (χ2n) is 3.92. The molecule has 1 rings (SSSR count). The molecule has 18 heavy (non-hydrogen) atoms. The van der Waals surface area contributed by atoms with Crippen molar-refractivity contribution in [1.82, 2.24) is 4.72 Å². The number of nitrogen functional groups attached to an aromatic ring is 1. The maximum absolute atomic E-state index is 11.7. The molecule has 0 heterocycles. The first-order chi connectivity index (χ1) is 8.44. The molecule has 4 N–H and O–H groups in total. The molecule has 6 nitrogen and oxygen atoms in total. The maximum Gasteiger partial charge on any atom is 0.215 e. The van der Waals surface area contributed by atoms with Gasteiger partial charge in [-0.3, -0.25) is 0 Å². The van der Waals surface area contributed by atoms with Gasteiger partial charge in [-0.05, 0) is 11.6 Å². The number of aliphatic hydroxyl groups is 1. The third-order valence-corrected chi connectivity index (χ3v) is 3.60. The minimum absolute atomic E-state index is 0.0794. The Bertz CT molecular complexity index is 476. The van der Waals surface area contributed by atoms with E-state index in [1.54, 1.807) is 24.3 Å². The van der Waals surface area contributed by atoms with E-state index >= 15 is 0 Å². The molecule has 0 amide bonds. The molecule has 0 aliphatic rings. The Hall–Kier alpha value is -1.15. The molecule has 0 saturated heterocycles. The fourth-order valence-electron chi connectivity index (χ4n) is 1.40. The quantitative estimate of drug-likeness (QED) is 0.592. The fourth-order valence-corrected chi connectivity index (χ4v) is 2.62. The Labute approximate surface area is 107 Å². The number of hydrogen-bond donors (Lipinski definition) is 3. The largest absolute Gasteiger partial charge is 0.398 e. The summed E-state index contributed by atoms with van der Waals surface area (Å²) in [4.78, 5) is 0. The summed E-state index contributed by atoms with van der Waals surface area (Å²) in [6.45, 7) is -0.00108. The van der Waals surface area contributed by atoms with Crippen molar-refractivity contribution < 1.29 is 18.3 Å². The molecule has 0 aromatic heterocycles. The summed E-state index contributed by atoms with van der Waals surface area (Å²) in [6.07, 6.45) is -0.863. The maximum atomic E-state index is 11.7. The standard InChI is InChI=1S/C11H18N2O4S/c1-17-7-10(14)6-13-18(15,16)8-9-4-2-3-5-11(9)12/h2-5,10,13-14H,6-8,12H2,1H3. The van der Waals surface area contributed by atoms with Crippen LogP contribution in [-0.4, -0.2) is 39.9 Å². The Morgan fingerprint density at radius 3 is 2.72 bits per heavy atom. The number of hydrogen-bond acceptors (Lipinski definition) is 5. The summed E-state index contributed by atoms with van der Waals surface area (Å²) in [6, 6.07) is 6.76. The van der Waals surface area contributed by atoms with Crippen LogP contribution in [0, 0.1) is 0 Å². The number of ether oxygens (including phenoxy) is 1. The van der Waals surface area contributed by atoms with Crippen LogP contribution in [0.1, 0.15) is 5.56 Å². The van der Waals surface area contributed by atoms with Gasteiger partial charge >= 0.3 is 0 Å². The third kappa shape index (κ3) is 5.01. The first kappa shape index (κ1) is 14.9. The highest BCUT2D eigenvalue weighted by Crippen LogP contribution is 2.13. The van der Waals surface area contributed by atoms with Crippen molar-refractivity contribution in [3.05, 3.63) is 29.8 Å². The fraction of sp³-hybridized carbons (Fsp3) is 0.455. The van der Waals surface area contributed by atoms with Gasteiger partial charge in [0.1, 0.15) is 0 Å². The predicted octanol–water partition coefficient (Wildman–Crippen LogP) is -0.304. The van der Waals surface area contributed by atoms with Gasteiger partial charge in [0.05, 0.1) is 18.5 Å². The minimum atomic E-state index is -3.52. The third-order valence-electron chi connectivity index (χ3n) is 2.30. The highest BCUT2D eigenvalue weighted by molar-refractivity contribution is 7.88. The summed E-state index contributed by atoms with van der Waals surface area (Å²) in [7, 11) is -2.08. The lowest BCUT2D eigenvalue weighted by Gasteiger charge is -2.12. The van der Waals surface area contributed by atoms with Crippen molar-refractivity contribution in [2.45, 2.75) is 11.9 Å². The lowest BCUT2D eigenvalue weighted by molar-refractivity contribution is 0.0679. The van der Waals surface area contributed by atoms with Crippen molar-refractivity contribution in [2.24, 2.45) is 0 Å². The SMILES string of the molecule is COCC(O)CNS(=O)(=O)Cc1ccccc1N. The molecule has 0 spiro atoms. The van der Waals surface area contributed by atoms with Gasteiger partial charge in [0.25, 0.3) is 0 Å². The van der Waals surface area contributed by atoms with Gasteiger partial charge in [0, 0.05) is 19.3 Å². The first-order valence-electron chi connectivity index (χ1n) is 5.42. The number of nitrogens with one attached hydrogen (secondary N) is 1. The Balaban J connectivity index is 2.58. The zero-order chi connectivity index (χ0) is 13.6. The molecule has 0 aliphatic heterocycles. The molecule has 0 saturated carbocycles. The van der Waals surface area contributed by atoms with Gasteiger partial charge in [0.15, 0.2) is 0 Å². The molecule has 1 aromatic rings. The number of rotatable bonds is 7. The van der Waals surface area contributed by atoms with Crippen molar-refractivity contribution in [2.75, 3.05) is 26.0 Å². The highest BCUT2D eigenvalue weighted by Gasteiger charge is 2.15. The molecule has 1 atom stereocenters. The predicted molar refractivity (Wildman–Crippen MR) is 69.4 cm³/mol. The van der Waals surface area contributed by atoms with E-state index in [1.807, 2.05) is 0 Å². The van der Waals surface area contributed by atoms with E-state index in [-0.39, 0.29) is 18.9 Å². The van der Waals surface area contributed by atoms with Crippen LogP contribution in [0.5, 0.6) is 0 Å². The zero-order valence-corrected chi connectivity index (χ0v) is 11.0. The van der Waals surface area contributed by atoms with Crippen molar-refractivity contribution in [3.63, 3.8) is 0 Å². The topological polar surface area (TPSA) is 102 Å². The van der Waals surface area contributed by atoms with Gasteiger partial charge in [-0.2, -0.15) is 0 Å². The Morgan fingerprint density at radius 1 is 1.44 bits per heavy atom. The van der Waals surface area contributed by atoms with Gasteiger partial charge in [0.2, 0.25) is 10.0 Å². The summed E-state index contributed by atoms with van der Waals surface area (Å²) < 4.78 is 30.5. The lowest BCUT2D eigenvalue weighted by atomic mass is 10.2. The molecule has 1 unspecified atom stereocenters. The number of methoxy groups -OCH3 is 1. The molecule has 102 valence electrons. The van der Waals surface area contributed by atoms with Crippen molar-refractivity contribution in [3.8, 4) is 0 Å². The summed E-state index contributed by atoms with van der Waals surface area (Å²) in [5, 5.41) is 9.36. The van der Waals surface area contributed by atoms with Crippen molar-refractivity contribution >= 4 is 15.7 Å². The van der Waals surface area contributed by atoms with E-state index < -0.39 is 16.1 Å². The molecule has 0 radical (unpaired) electrons. The summed E-state index contributed by atoms with van der Waals surface area (Å²) >= 11 is 0. The number of nitrogens with two attached hydrogens (primary N) is 1. The average molecular weight is 274 g/mol. The Morgan fingerprint density at radius 2 is 2.11 bits per heavy atom. The summed E-state index contributed by atoms with van der Waals surface area (Å²) in [5.41, 5.74) is 6.63. The normalized spacial score (nSPS) is 13.4. The molecule has 1 aromatic carbocycles.